The lowest BCUT2D eigenvalue weighted by atomic mass is 9.93. The van der Waals surface area contributed by atoms with Crippen LogP contribution < -0.4 is 15.4 Å². The molecule has 1 heterocycles. The average Bonchev–Trinajstić information content (AvgIpc) is 2.58. The minimum absolute atomic E-state index is 0.0679. The number of halogens is 1. The number of hydrogen-bond donors (Lipinski definition) is 2. The van der Waals surface area contributed by atoms with Crippen LogP contribution in [0.3, 0.4) is 0 Å². The molecule has 1 amide bonds. The molecule has 2 N–H and O–H groups in total. The number of nitrogens with zero attached hydrogens (tertiary/aromatic N) is 1. The number of nitrogens with one attached hydrogen (secondary N) is 2. The van der Waals surface area contributed by atoms with E-state index in [4.69, 9.17) is 16.3 Å². The molecule has 0 atom stereocenters. The maximum absolute atomic E-state index is 12.0. The van der Waals surface area contributed by atoms with Crippen LogP contribution in [0.1, 0.15) is 19.3 Å². The SMILES string of the molecule is CNCCC1CCN(CC(=O)NCCOc2cccc(Cl)c2)CC1. The highest BCUT2D eigenvalue weighted by Gasteiger charge is 2.20. The molecular formula is C18H28ClN3O2. The summed E-state index contributed by atoms with van der Waals surface area (Å²) < 4.78 is 5.56. The van der Waals surface area contributed by atoms with Crippen molar-refractivity contribution < 1.29 is 9.53 Å². The summed E-state index contributed by atoms with van der Waals surface area (Å²) in [6.07, 6.45) is 3.61. The Balaban J connectivity index is 1.55. The maximum Gasteiger partial charge on any atom is 0.234 e. The van der Waals surface area contributed by atoms with Gasteiger partial charge in [0, 0.05) is 5.02 Å². The Morgan fingerprint density at radius 1 is 1.33 bits per heavy atom. The van der Waals surface area contributed by atoms with Gasteiger partial charge in [0.2, 0.25) is 5.91 Å². The Hall–Kier alpha value is -1.30. The second-order valence-electron chi connectivity index (χ2n) is 6.27. The average molecular weight is 354 g/mol. The molecule has 5 nitrogen and oxygen atoms in total. The topological polar surface area (TPSA) is 53.6 Å². The van der Waals surface area contributed by atoms with Crippen LogP contribution in [0.4, 0.5) is 0 Å². The molecule has 0 spiro atoms. The van der Waals surface area contributed by atoms with E-state index in [0.717, 1.165) is 31.3 Å². The third kappa shape index (κ3) is 7.07. The van der Waals surface area contributed by atoms with E-state index in [-0.39, 0.29) is 5.91 Å². The second-order valence-corrected chi connectivity index (χ2v) is 6.70. The number of piperidine rings is 1. The molecule has 1 aliphatic heterocycles. The minimum Gasteiger partial charge on any atom is -0.492 e. The van der Waals surface area contributed by atoms with Crippen molar-refractivity contribution in [1.82, 2.24) is 15.5 Å². The van der Waals surface area contributed by atoms with Crippen molar-refractivity contribution in [2.45, 2.75) is 19.3 Å². The Morgan fingerprint density at radius 2 is 2.12 bits per heavy atom. The first-order valence-corrected chi connectivity index (χ1v) is 9.07. The van der Waals surface area contributed by atoms with Crippen LogP contribution in [0.5, 0.6) is 5.75 Å². The number of amides is 1. The molecule has 0 bridgehead atoms. The molecule has 2 rings (SSSR count). The third-order valence-corrected chi connectivity index (χ3v) is 4.60. The molecule has 0 radical (unpaired) electrons. The highest BCUT2D eigenvalue weighted by Crippen LogP contribution is 2.19. The molecule has 1 aliphatic rings. The highest BCUT2D eigenvalue weighted by atomic mass is 35.5. The maximum atomic E-state index is 12.0. The zero-order chi connectivity index (χ0) is 17.2. The van der Waals surface area contributed by atoms with Gasteiger partial charge in [-0.1, -0.05) is 17.7 Å². The van der Waals surface area contributed by atoms with Crippen molar-refractivity contribution in [3.05, 3.63) is 29.3 Å². The normalized spacial score (nSPS) is 16.1. The lowest BCUT2D eigenvalue weighted by Gasteiger charge is -2.31. The van der Waals surface area contributed by atoms with Gasteiger partial charge in [-0.3, -0.25) is 9.69 Å². The summed E-state index contributed by atoms with van der Waals surface area (Å²) >= 11 is 5.90. The third-order valence-electron chi connectivity index (χ3n) is 4.37. The zero-order valence-electron chi connectivity index (χ0n) is 14.4. The van der Waals surface area contributed by atoms with E-state index in [2.05, 4.69) is 15.5 Å². The Kier molecular flexibility index (Phi) is 8.36. The Labute approximate surface area is 149 Å². The van der Waals surface area contributed by atoms with E-state index in [1.54, 1.807) is 12.1 Å². The van der Waals surface area contributed by atoms with Crippen molar-refractivity contribution in [2.24, 2.45) is 5.92 Å². The number of carbonyl (C=O) groups is 1. The van der Waals surface area contributed by atoms with Crippen LogP contribution in [0.15, 0.2) is 24.3 Å². The van der Waals surface area contributed by atoms with Crippen LogP contribution in [-0.2, 0) is 4.79 Å². The summed E-state index contributed by atoms with van der Waals surface area (Å²) in [6.45, 7) is 4.54. The summed E-state index contributed by atoms with van der Waals surface area (Å²) in [6, 6.07) is 7.27. The summed E-state index contributed by atoms with van der Waals surface area (Å²) in [7, 11) is 2.00. The molecule has 0 unspecified atom stereocenters. The number of hydrogen-bond acceptors (Lipinski definition) is 4. The fourth-order valence-electron chi connectivity index (χ4n) is 2.96. The van der Waals surface area contributed by atoms with Gasteiger partial charge in [-0.05, 0) is 70.1 Å². The number of rotatable bonds is 9. The molecule has 1 aromatic carbocycles. The van der Waals surface area contributed by atoms with E-state index < -0.39 is 0 Å². The number of carbonyl (C=O) groups excluding carboxylic acids is 1. The van der Waals surface area contributed by atoms with E-state index in [9.17, 15) is 4.79 Å². The standard InChI is InChI=1S/C18H28ClN3O2/c1-20-8-5-15-6-10-22(11-7-15)14-18(23)21-9-12-24-17-4-2-3-16(19)13-17/h2-4,13,15,20H,5-12,14H2,1H3,(H,21,23). The first-order valence-electron chi connectivity index (χ1n) is 8.69. The summed E-state index contributed by atoms with van der Waals surface area (Å²) in [5.74, 6) is 1.58. The first kappa shape index (κ1) is 19.0. The van der Waals surface area contributed by atoms with Gasteiger partial charge in [0.05, 0.1) is 13.1 Å². The fourth-order valence-corrected chi connectivity index (χ4v) is 3.14. The van der Waals surface area contributed by atoms with Crippen molar-refractivity contribution in [1.29, 1.82) is 0 Å². The van der Waals surface area contributed by atoms with E-state index >= 15 is 0 Å². The van der Waals surface area contributed by atoms with Gasteiger partial charge in [0.1, 0.15) is 12.4 Å². The summed E-state index contributed by atoms with van der Waals surface area (Å²) in [4.78, 5) is 14.2. The van der Waals surface area contributed by atoms with Crippen LogP contribution in [0, 0.1) is 5.92 Å². The predicted octanol–water partition coefficient (Wildman–Crippen LogP) is 2.16. The van der Waals surface area contributed by atoms with Gasteiger partial charge in [-0.25, -0.2) is 0 Å². The highest BCUT2D eigenvalue weighted by molar-refractivity contribution is 6.30. The van der Waals surface area contributed by atoms with E-state index in [1.807, 2.05) is 19.2 Å². The van der Waals surface area contributed by atoms with Crippen LogP contribution >= 0.6 is 11.6 Å². The number of ether oxygens (including phenoxy) is 1. The molecule has 6 heteroatoms. The predicted molar refractivity (Wildman–Crippen MR) is 97.7 cm³/mol. The Bertz CT molecular complexity index is 505. The van der Waals surface area contributed by atoms with Crippen molar-refractivity contribution in [2.75, 3.05) is 46.4 Å². The lowest BCUT2D eigenvalue weighted by Crippen LogP contribution is -2.42. The quantitative estimate of drug-likeness (QED) is 0.668. The molecule has 0 aromatic heterocycles. The summed E-state index contributed by atoms with van der Waals surface area (Å²) in [5, 5.41) is 6.76. The van der Waals surface area contributed by atoms with Crippen LogP contribution in [-0.4, -0.2) is 57.2 Å². The van der Waals surface area contributed by atoms with Gasteiger partial charge < -0.3 is 15.4 Å². The van der Waals surface area contributed by atoms with Gasteiger partial charge in [-0.15, -0.1) is 0 Å². The summed E-state index contributed by atoms with van der Waals surface area (Å²) in [5.41, 5.74) is 0. The number of benzene rings is 1. The molecule has 1 fully saturated rings. The molecule has 0 aliphatic carbocycles. The fraction of sp³-hybridized carbons (Fsp3) is 0.611. The van der Waals surface area contributed by atoms with Crippen LogP contribution in [0.2, 0.25) is 5.02 Å². The molecule has 134 valence electrons. The second kappa shape index (κ2) is 10.5. The zero-order valence-corrected chi connectivity index (χ0v) is 15.1. The molecular weight excluding hydrogens is 326 g/mol. The monoisotopic (exact) mass is 353 g/mol. The lowest BCUT2D eigenvalue weighted by molar-refractivity contribution is -0.122. The largest absolute Gasteiger partial charge is 0.492 e. The van der Waals surface area contributed by atoms with Gasteiger partial charge in [-0.2, -0.15) is 0 Å². The smallest absolute Gasteiger partial charge is 0.234 e. The van der Waals surface area contributed by atoms with Crippen LogP contribution in [0.25, 0.3) is 0 Å². The van der Waals surface area contributed by atoms with Gasteiger partial charge >= 0.3 is 0 Å². The first-order chi connectivity index (χ1) is 11.7. The minimum atomic E-state index is 0.0679. The Morgan fingerprint density at radius 3 is 2.83 bits per heavy atom. The molecule has 1 aromatic rings. The van der Waals surface area contributed by atoms with E-state index in [1.165, 1.54) is 19.3 Å². The molecule has 1 saturated heterocycles. The number of likely N-dealkylation sites (tertiary alicyclic amines) is 1. The molecule has 24 heavy (non-hydrogen) atoms. The van der Waals surface area contributed by atoms with Crippen molar-refractivity contribution in [3.63, 3.8) is 0 Å². The van der Waals surface area contributed by atoms with Crippen molar-refractivity contribution in [3.8, 4) is 5.75 Å². The van der Waals surface area contributed by atoms with E-state index in [0.29, 0.717) is 24.7 Å². The van der Waals surface area contributed by atoms with Gasteiger partial charge in [0.15, 0.2) is 0 Å². The molecule has 0 saturated carbocycles. The van der Waals surface area contributed by atoms with Crippen molar-refractivity contribution >= 4 is 17.5 Å². The van der Waals surface area contributed by atoms with Gasteiger partial charge in [0.25, 0.3) is 0 Å².